The maximum Gasteiger partial charge on any atom is 0.311 e. The Morgan fingerprint density at radius 3 is 2.18 bits per heavy atom. The molecule has 4 nitrogen and oxygen atoms in total. The molecule has 2 fully saturated rings. The van der Waals surface area contributed by atoms with Gasteiger partial charge in [-0.25, -0.2) is 8.78 Å². The minimum atomic E-state index is -0.268. The van der Waals surface area contributed by atoms with Crippen molar-refractivity contribution < 1.29 is 18.3 Å². The van der Waals surface area contributed by atoms with Gasteiger partial charge < -0.3 is 4.74 Å². The molecule has 0 spiro atoms. The summed E-state index contributed by atoms with van der Waals surface area (Å²) >= 11 is 0. The first-order valence-electron chi connectivity index (χ1n) is 13.9. The third kappa shape index (κ3) is 4.73. The Morgan fingerprint density at radius 2 is 1.58 bits per heavy atom. The highest BCUT2D eigenvalue weighted by Crippen LogP contribution is 2.52. The van der Waals surface area contributed by atoms with Crippen LogP contribution in [0.15, 0.2) is 71.8 Å². The number of halogens is 2. The SMILES string of the molecule is CC1=CCC[C@]2(C)C[C@H]3OC(=O)[C@H](CN4CCN(C(c5ccc(F)cc5)c5ccc(F)cc5)CC4)[C@H]3C=C12. The van der Waals surface area contributed by atoms with Gasteiger partial charge in [0.1, 0.15) is 17.7 Å². The van der Waals surface area contributed by atoms with E-state index in [9.17, 15) is 13.6 Å². The number of fused-ring (bicyclic) bond motifs is 2. The number of nitrogens with zero attached hydrogens (tertiary/aromatic N) is 2. The van der Waals surface area contributed by atoms with E-state index in [1.807, 2.05) is 24.3 Å². The largest absolute Gasteiger partial charge is 0.461 e. The molecule has 2 aromatic carbocycles. The van der Waals surface area contributed by atoms with Crippen molar-refractivity contribution in [1.29, 1.82) is 0 Å². The quantitative estimate of drug-likeness (QED) is 0.461. The van der Waals surface area contributed by atoms with Crippen LogP contribution in [0.3, 0.4) is 0 Å². The van der Waals surface area contributed by atoms with Gasteiger partial charge in [0.15, 0.2) is 0 Å². The molecule has 0 N–H and O–H groups in total. The average molecular weight is 519 g/mol. The molecule has 0 aromatic heterocycles. The van der Waals surface area contributed by atoms with Gasteiger partial charge in [0.25, 0.3) is 0 Å². The third-order valence-corrected chi connectivity index (χ3v) is 9.30. The predicted molar refractivity (Wildman–Crippen MR) is 143 cm³/mol. The van der Waals surface area contributed by atoms with Gasteiger partial charge in [-0.05, 0) is 72.6 Å². The summed E-state index contributed by atoms with van der Waals surface area (Å²) in [6.45, 7) is 8.49. The smallest absolute Gasteiger partial charge is 0.311 e. The van der Waals surface area contributed by atoms with Gasteiger partial charge in [-0.2, -0.15) is 0 Å². The molecule has 2 heterocycles. The molecule has 0 radical (unpaired) electrons. The van der Waals surface area contributed by atoms with Crippen LogP contribution in [0, 0.1) is 28.9 Å². The number of esters is 1. The molecule has 6 heteroatoms. The molecular weight excluding hydrogens is 482 g/mol. The number of benzene rings is 2. The van der Waals surface area contributed by atoms with Crippen LogP contribution in [0.2, 0.25) is 0 Å². The maximum atomic E-state index is 13.7. The molecule has 2 saturated heterocycles. The van der Waals surface area contributed by atoms with Crippen molar-refractivity contribution >= 4 is 5.97 Å². The van der Waals surface area contributed by atoms with E-state index >= 15 is 0 Å². The second-order valence-corrected chi connectivity index (χ2v) is 11.8. The van der Waals surface area contributed by atoms with E-state index in [4.69, 9.17) is 4.74 Å². The lowest BCUT2D eigenvalue weighted by Gasteiger charge is -2.43. The molecule has 4 atom stereocenters. The fraction of sp³-hybridized carbons (Fsp3) is 0.469. The van der Waals surface area contributed by atoms with Crippen molar-refractivity contribution in [3.05, 3.63) is 94.6 Å². The molecule has 2 aromatic rings. The highest BCUT2D eigenvalue weighted by molar-refractivity contribution is 5.76. The fourth-order valence-corrected chi connectivity index (χ4v) is 7.22. The maximum absolute atomic E-state index is 13.7. The van der Waals surface area contributed by atoms with Crippen LogP contribution in [0.5, 0.6) is 0 Å². The Kier molecular flexibility index (Phi) is 6.73. The van der Waals surface area contributed by atoms with Gasteiger partial charge in [-0.15, -0.1) is 0 Å². The summed E-state index contributed by atoms with van der Waals surface area (Å²) in [7, 11) is 0. The standard InChI is InChI=1S/C32H36F2N2O2/c1-21-4-3-13-32(2)19-29-26(18-28(21)32)27(31(37)38-29)20-35-14-16-36(17-15-35)30(22-5-9-24(33)10-6-22)23-7-11-25(34)12-8-23/h4-12,18,26-27,29-30H,3,13-17,19-20H2,1-2H3/t26-,27-,29-,32-/m1/s1. The van der Waals surface area contributed by atoms with E-state index in [1.54, 1.807) is 0 Å². The summed E-state index contributed by atoms with van der Waals surface area (Å²) in [5, 5.41) is 0. The number of ether oxygens (including phenoxy) is 1. The van der Waals surface area contributed by atoms with E-state index in [0.717, 1.165) is 56.6 Å². The van der Waals surface area contributed by atoms with Crippen LogP contribution in [-0.2, 0) is 9.53 Å². The second kappa shape index (κ2) is 10.0. The van der Waals surface area contributed by atoms with Gasteiger partial charge in [-0.1, -0.05) is 48.9 Å². The molecule has 0 bridgehead atoms. The van der Waals surface area contributed by atoms with Gasteiger partial charge in [0.05, 0.1) is 12.0 Å². The first-order valence-corrected chi connectivity index (χ1v) is 13.9. The van der Waals surface area contributed by atoms with Crippen molar-refractivity contribution in [3.63, 3.8) is 0 Å². The number of hydrogen-bond donors (Lipinski definition) is 0. The normalized spacial score (nSPS) is 29.9. The van der Waals surface area contributed by atoms with Crippen molar-refractivity contribution in [3.8, 4) is 0 Å². The molecule has 38 heavy (non-hydrogen) atoms. The Hall–Kier alpha value is -2.83. The summed E-state index contributed by atoms with van der Waals surface area (Å²) in [6.07, 6.45) is 7.81. The van der Waals surface area contributed by atoms with Crippen molar-refractivity contribution in [1.82, 2.24) is 9.80 Å². The highest BCUT2D eigenvalue weighted by atomic mass is 19.1. The van der Waals surface area contributed by atoms with E-state index in [-0.39, 0.29) is 47.0 Å². The minimum absolute atomic E-state index is 0.0187. The van der Waals surface area contributed by atoms with Gasteiger partial charge in [0.2, 0.25) is 0 Å². The predicted octanol–water partition coefficient (Wildman–Crippen LogP) is 5.91. The van der Waals surface area contributed by atoms with E-state index in [1.165, 1.54) is 35.4 Å². The molecule has 2 aliphatic heterocycles. The lowest BCUT2D eigenvalue weighted by Crippen LogP contribution is -2.50. The van der Waals surface area contributed by atoms with E-state index < -0.39 is 0 Å². The zero-order valence-electron chi connectivity index (χ0n) is 22.2. The first-order chi connectivity index (χ1) is 18.3. The topological polar surface area (TPSA) is 32.8 Å². The van der Waals surface area contributed by atoms with Crippen molar-refractivity contribution in [2.45, 2.75) is 45.3 Å². The summed E-state index contributed by atoms with van der Waals surface area (Å²) in [5.74, 6) is -0.594. The lowest BCUT2D eigenvalue weighted by atomic mass is 9.62. The van der Waals surface area contributed by atoms with Gasteiger partial charge >= 0.3 is 5.97 Å². The lowest BCUT2D eigenvalue weighted by molar-refractivity contribution is -0.145. The summed E-state index contributed by atoms with van der Waals surface area (Å²) in [4.78, 5) is 17.8. The number of allylic oxidation sites excluding steroid dienone is 3. The summed E-state index contributed by atoms with van der Waals surface area (Å²) < 4.78 is 33.3. The van der Waals surface area contributed by atoms with Crippen molar-refractivity contribution in [2.24, 2.45) is 17.3 Å². The van der Waals surface area contributed by atoms with Gasteiger partial charge in [-0.3, -0.25) is 14.6 Å². The Balaban J connectivity index is 1.17. The van der Waals surface area contributed by atoms with E-state index in [0.29, 0.717) is 6.54 Å². The number of rotatable bonds is 5. The van der Waals surface area contributed by atoms with Gasteiger partial charge in [0, 0.05) is 38.6 Å². The molecule has 0 amide bonds. The van der Waals surface area contributed by atoms with E-state index in [2.05, 4.69) is 35.8 Å². The molecule has 6 rings (SSSR count). The van der Waals surface area contributed by atoms with Crippen LogP contribution in [-0.4, -0.2) is 54.6 Å². The fourth-order valence-electron chi connectivity index (χ4n) is 7.22. The Labute approximate surface area is 224 Å². The number of hydrogen-bond acceptors (Lipinski definition) is 4. The summed E-state index contributed by atoms with van der Waals surface area (Å²) in [5.41, 5.74) is 4.86. The minimum Gasteiger partial charge on any atom is -0.461 e. The van der Waals surface area contributed by atoms with Crippen LogP contribution >= 0.6 is 0 Å². The third-order valence-electron chi connectivity index (χ3n) is 9.30. The number of carbonyl (C=O) groups excluding carboxylic acids is 1. The number of carbonyl (C=O) groups is 1. The zero-order valence-corrected chi connectivity index (χ0v) is 22.2. The van der Waals surface area contributed by atoms with Crippen LogP contribution in [0.1, 0.15) is 50.3 Å². The second-order valence-electron chi connectivity index (χ2n) is 11.8. The molecule has 0 saturated carbocycles. The summed E-state index contributed by atoms with van der Waals surface area (Å²) in [6, 6.07) is 13.1. The van der Waals surface area contributed by atoms with Crippen LogP contribution < -0.4 is 0 Å². The highest BCUT2D eigenvalue weighted by Gasteiger charge is 2.51. The average Bonchev–Trinajstić information content (AvgIpc) is 3.19. The first kappa shape index (κ1) is 25.4. The van der Waals surface area contributed by atoms with Crippen LogP contribution in [0.4, 0.5) is 8.78 Å². The van der Waals surface area contributed by atoms with Crippen LogP contribution in [0.25, 0.3) is 0 Å². The molecule has 2 aliphatic carbocycles. The number of piperazine rings is 1. The molecule has 200 valence electrons. The Morgan fingerprint density at radius 1 is 0.974 bits per heavy atom. The molecule has 0 unspecified atom stereocenters. The molecular formula is C32H36F2N2O2. The van der Waals surface area contributed by atoms with Crippen molar-refractivity contribution in [2.75, 3.05) is 32.7 Å². The Bertz CT molecular complexity index is 1200. The zero-order chi connectivity index (χ0) is 26.4. The molecule has 4 aliphatic rings. The monoisotopic (exact) mass is 518 g/mol.